The van der Waals surface area contributed by atoms with E-state index in [9.17, 15) is 19.2 Å². The van der Waals surface area contributed by atoms with E-state index in [-0.39, 0.29) is 30.2 Å². The fourth-order valence-corrected chi connectivity index (χ4v) is 4.37. The highest BCUT2D eigenvalue weighted by Gasteiger charge is 2.35. The molecule has 2 aliphatic rings. The molecule has 1 saturated heterocycles. The third-order valence-corrected chi connectivity index (χ3v) is 6.15. The normalized spacial score (nSPS) is 15.9. The van der Waals surface area contributed by atoms with Crippen molar-refractivity contribution in [1.29, 1.82) is 0 Å². The van der Waals surface area contributed by atoms with Crippen molar-refractivity contribution < 1.29 is 23.9 Å². The Kier molecular flexibility index (Phi) is 7.25. The molecule has 4 amide bonds. The van der Waals surface area contributed by atoms with Gasteiger partial charge >= 0.3 is 0 Å². The van der Waals surface area contributed by atoms with Gasteiger partial charge in [-0.25, -0.2) is 0 Å². The monoisotopic (exact) mass is 463 g/mol. The zero-order valence-electron chi connectivity index (χ0n) is 19.3. The van der Waals surface area contributed by atoms with Crippen LogP contribution < -0.4 is 10.1 Å². The SMILES string of the molecule is CCOc1ccc(CN2C(=O)c3ccccc3C2=O)cc1C(=O)NCCN1CCCCCC1=O. The molecule has 0 atom stereocenters. The van der Waals surface area contributed by atoms with E-state index < -0.39 is 0 Å². The number of nitrogens with one attached hydrogen (secondary N) is 1. The standard InChI is InChI=1S/C26H29N3O5/c1-2-34-22-12-11-18(17-29-25(32)19-8-5-6-9-20(19)26(29)33)16-21(22)24(31)27-13-15-28-14-7-3-4-10-23(28)30/h5-6,8-9,11-12,16H,2-4,7,10,13-15,17H2,1H3,(H,27,31). The minimum atomic E-state index is -0.345. The van der Waals surface area contributed by atoms with Gasteiger partial charge in [-0.3, -0.25) is 24.1 Å². The Morgan fingerprint density at radius 2 is 1.74 bits per heavy atom. The molecule has 0 saturated carbocycles. The maximum atomic E-state index is 13.0. The van der Waals surface area contributed by atoms with E-state index in [1.807, 2.05) is 6.92 Å². The van der Waals surface area contributed by atoms with Gasteiger partial charge in [0.05, 0.1) is 29.8 Å². The van der Waals surface area contributed by atoms with Gasteiger partial charge in [0.25, 0.3) is 17.7 Å². The number of likely N-dealkylation sites (tertiary alicyclic amines) is 1. The molecular formula is C26H29N3O5. The Bertz CT molecular complexity index is 1080. The lowest BCUT2D eigenvalue weighted by atomic mass is 10.1. The number of imide groups is 1. The summed E-state index contributed by atoms with van der Waals surface area (Å²) in [6.45, 7) is 3.79. The van der Waals surface area contributed by atoms with Crippen molar-refractivity contribution in [2.75, 3.05) is 26.2 Å². The average Bonchev–Trinajstić information content (AvgIpc) is 2.96. The first kappa shape index (κ1) is 23.5. The summed E-state index contributed by atoms with van der Waals surface area (Å²) in [5.74, 6) is -0.457. The third kappa shape index (κ3) is 4.95. The van der Waals surface area contributed by atoms with Crippen LogP contribution in [0.25, 0.3) is 0 Å². The zero-order valence-corrected chi connectivity index (χ0v) is 19.3. The lowest BCUT2D eigenvalue weighted by Gasteiger charge is -2.21. The molecule has 0 radical (unpaired) electrons. The van der Waals surface area contributed by atoms with Crippen LogP contribution in [0.2, 0.25) is 0 Å². The third-order valence-electron chi connectivity index (χ3n) is 6.15. The van der Waals surface area contributed by atoms with E-state index in [4.69, 9.17) is 4.74 Å². The fourth-order valence-electron chi connectivity index (χ4n) is 4.37. The molecule has 1 N–H and O–H groups in total. The maximum absolute atomic E-state index is 13.0. The smallest absolute Gasteiger partial charge is 0.261 e. The number of nitrogens with zero attached hydrogens (tertiary/aromatic N) is 2. The lowest BCUT2D eigenvalue weighted by molar-refractivity contribution is -0.130. The Morgan fingerprint density at radius 1 is 1.00 bits per heavy atom. The van der Waals surface area contributed by atoms with E-state index in [2.05, 4.69) is 5.32 Å². The Labute approximate surface area is 198 Å². The number of ether oxygens (including phenoxy) is 1. The minimum Gasteiger partial charge on any atom is -0.493 e. The molecule has 2 aromatic carbocycles. The van der Waals surface area contributed by atoms with Gasteiger partial charge in [0.1, 0.15) is 5.75 Å². The number of benzene rings is 2. The number of hydrogen-bond donors (Lipinski definition) is 1. The molecule has 0 spiro atoms. The van der Waals surface area contributed by atoms with E-state index in [0.29, 0.717) is 60.7 Å². The fraction of sp³-hybridized carbons (Fsp3) is 0.385. The molecule has 0 unspecified atom stereocenters. The summed E-state index contributed by atoms with van der Waals surface area (Å²) in [6, 6.07) is 11.8. The minimum absolute atomic E-state index is 0.0569. The van der Waals surface area contributed by atoms with Crippen LogP contribution in [0.3, 0.4) is 0 Å². The van der Waals surface area contributed by atoms with Gasteiger partial charge < -0.3 is 15.0 Å². The van der Waals surface area contributed by atoms with Gasteiger partial charge in [0, 0.05) is 26.1 Å². The van der Waals surface area contributed by atoms with Crippen LogP contribution in [0.1, 0.15) is 69.2 Å². The van der Waals surface area contributed by atoms with Crippen molar-refractivity contribution in [1.82, 2.24) is 15.1 Å². The Balaban J connectivity index is 1.45. The van der Waals surface area contributed by atoms with Crippen LogP contribution in [-0.4, -0.2) is 59.7 Å². The van der Waals surface area contributed by atoms with Crippen molar-refractivity contribution in [3.63, 3.8) is 0 Å². The molecule has 2 aliphatic heterocycles. The lowest BCUT2D eigenvalue weighted by Crippen LogP contribution is -2.38. The summed E-state index contributed by atoms with van der Waals surface area (Å²) in [4.78, 5) is 53.6. The number of amides is 4. The Morgan fingerprint density at radius 3 is 2.44 bits per heavy atom. The largest absolute Gasteiger partial charge is 0.493 e. The van der Waals surface area contributed by atoms with Crippen molar-refractivity contribution in [2.45, 2.75) is 39.2 Å². The van der Waals surface area contributed by atoms with E-state index in [1.54, 1.807) is 47.4 Å². The van der Waals surface area contributed by atoms with Crippen LogP contribution in [0.15, 0.2) is 42.5 Å². The summed E-state index contributed by atoms with van der Waals surface area (Å²) < 4.78 is 5.63. The van der Waals surface area contributed by atoms with Gasteiger partial charge in [-0.1, -0.05) is 24.6 Å². The van der Waals surface area contributed by atoms with Gasteiger partial charge in [-0.05, 0) is 49.6 Å². The highest BCUT2D eigenvalue weighted by Crippen LogP contribution is 2.26. The molecular weight excluding hydrogens is 434 g/mol. The molecule has 2 heterocycles. The van der Waals surface area contributed by atoms with E-state index >= 15 is 0 Å². The molecule has 8 nitrogen and oxygen atoms in total. The van der Waals surface area contributed by atoms with Crippen molar-refractivity contribution in [2.24, 2.45) is 0 Å². The van der Waals surface area contributed by atoms with Crippen LogP contribution in [0.5, 0.6) is 5.75 Å². The molecule has 8 heteroatoms. The molecule has 1 fully saturated rings. The molecule has 2 aromatic rings. The van der Waals surface area contributed by atoms with Gasteiger partial charge in [0.2, 0.25) is 5.91 Å². The number of carbonyl (C=O) groups is 4. The summed E-state index contributed by atoms with van der Waals surface area (Å²) in [5, 5.41) is 2.88. The number of rotatable bonds is 8. The zero-order chi connectivity index (χ0) is 24.1. The first-order valence-electron chi connectivity index (χ1n) is 11.8. The summed E-state index contributed by atoms with van der Waals surface area (Å²) >= 11 is 0. The van der Waals surface area contributed by atoms with Crippen LogP contribution in [0, 0.1) is 0 Å². The van der Waals surface area contributed by atoms with Gasteiger partial charge in [0.15, 0.2) is 0 Å². The summed E-state index contributed by atoms with van der Waals surface area (Å²) in [5.41, 5.74) is 1.75. The maximum Gasteiger partial charge on any atom is 0.261 e. The van der Waals surface area contributed by atoms with Crippen molar-refractivity contribution in [3.05, 3.63) is 64.7 Å². The number of hydrogen-bond acceptors (Lipinski definition) is 5. The highest BCUT2D eigenvalue weighted by molar-refractivity contribution is 6.21. The second kappa shape index (κ2) is 10.5. The van der Waals surface area contributed by atoms with Crippen molar-refractivity contribution >= 4 is 23.6 Å². The molecule has 0 aliphatic carbocycles. The van der Waals surface area contributed by atoms with Crippen LogP contribution in [-0.2, 0) is 11.3 Å². The Hall–Kier alpha value is -3.68. The quantitative estimate of drug-likeness (QED) is 0.607. The first-order valence-corrected chi connectivity index (χ1v) is 11.8. The summed E-state index contributed by atoms with van der Waals surface area (Å²) in [6.07, 6.45) is 3.50. The molecule has 4 rings (SSSR count). The second-order valence-electron chi connectivity index (χ2n) is 8.45. The first-order chi connectivity index (χ1) is 16.5. The molecule has 178 valence electrons. The molecule has 0 bridgehead atoms. The van der Waals surface area contributed by atoms with Crippen LogP contribution >= 0.6 is 0 Å². The van der Waals surface area contributed by atoms with Crippen molar-refractivity contribution in [3.8, 4) is 5.75 Å². The number of carbonyl (C=O) groups excluding carboxylic acids is 4. The van der Waals surface area contributed by atoms with Gasteiger partial charge in [-0.15, -0.1) is 0 Å². The predicted molar refractivity (Wildman–Crippen MR) is 126 cm³/mol. The average molecular weight is 464 g/mol. The topological polar surface area (TPSA) is 96.0 Å². The highest BCUT2D eigenvalue weighted by atomic mass is 16.5. The molecule has 0 aromatic heterocycles. The molecule has 34 heavy (non-hydrogen) atoms. The number of fused-ring (bicyclic) bond motifs is 1. The van der Waals surface area contributed by atoms with Gasteiger partial charge in [-0.2, -0.15) is 0 Å². The van der Waals surface area contributed by atoms with E-state index in [1.165, 1.54) is 4.90 Å². The summed E-state index contributed by atoms with van der Waals surface area (Å²) in [7, 11) is 0. The predicted octanol–water partition coefficient (Wildman–Crippen LogP) is 3.01. The van der Waals surface area contributed by atoms with E-state index in [0.717, 1.165) is 19.3 Å². The van der Waals surface area contributed by atoms with Crippen LogP contribution in [0.4, 0.5) is 0 Å². The second-order valence-corrected chi connectivity index (χ2v) is 8.45.